The summed E-state index contributed by atoms with van der Waals surface area (Å²) in [6.07, 6.45) is 6.45. The zero-order valence-electron chi connectivity index (χ0n) is 14.6. The van der Waals surface area contributed by atoms with Gasteiger partial charge >= 0.3 is 0 Å². The van der Waals surface area contributed by atoms with E-state index in [-0.39, 0.29) is 12.5 Å². The highest BCUT2D eigenvalue weighted by atomic mass is 32.2. The second kappa shape index (κ2) is 8.54. The van der Waals surface area contributed by atoms with Crippen molar-refractivity contribution in [3.8, 4) is 0 Å². The van der Waals surface area contributed by atoms with Gasteiger partial charge < -0.3 is 15.0 Å². The number of carbonyl (C=O) groups excluding carboxylic acids is 1. The SMILES string of the molecule is Cc1ccc(Cn2cc(CO)nc2SCC(=O)NC2CCCC2)cc1. The molecule has 1 amide bonds. The fraction of sp³-hybridized carbons (Fsp3) is 0.474. The van der Waals surface area contributed by atoms with Crippen LogP contribution in [0.3, 0.4) is 0 Å². The van der Waals surface area contributed by atoms with Crippen molar-refractivity contribution in [2.45, 2.75) is 57.0 Å². The molecule has 0 spiro atoms. The molecule has 1 aliphatic rings. The van der Waals surface area contributed by atoms with Crippen molar-refractivity contribution in [3.05, 3.63) is 47.3 Å². The number of amides is 1. The molecule has 1 fully saturated rings. The summed E-state index contributed by atoms with van der Waals surface area (Å²) < 4.78 is 2.00. The van der Waals surface area contributed by atoms with E-state index < -0.39 is 0 Å². The minimum atomic E-state index is -0.0945. The Balaban J connectivity index is 1.62. The minimum absolute atomic E-state index is 0.0623. The van der Waals surface area contributed by atoms with Crippen LogP contribution in [0.5, 0.6) is 0 Å². The number of rotatable bonds is 7. The third-order valence-electron chi connectivity index (χ3n) is 4.48. The maximum Gasteiger partial charge on any atom is 0.230 e. The van der Waals surface area contributed by atoms with Gasteiger partial charge in [0.2, 0.25) is 5.91 Å². The van der Waals surface area contributed by atoms with Crippen LogP contribution >= 0.6 is 11.8 Å². The highest BCUT2D eigenvalue weighted by molar-refractivity contribution is 7.99. The van der Waals surface area contributed by atoms with Crippen LogP contribution in [0.1, 0.15) is 42.5 Å². The van der Waals surface area contributed by atoms with Crippen LogP contribution in [0.4, 0.5) is 0 Å². The van der Waals surface area contributed by atoms with Gasteiger partial charge in [-0.3, -0.25) is 4.79 Å². The third kappa shape index (κ3) is 5.09. The van der Waals surface area contributed by atoms with E-state index in [1.807, 2.05) is 10.8 Å². The number of aromatic nitrogens is 2. The molecular weight excluding hydrogens is 334 g/mol. The third-order valence-corrected chi connectivity index (χ3v) is 5.47. The fourth-order valence-electron chi connectivity index (χ4n) is 3.12. The van der Waals surface area contributed by atoms with E-state index in [2.05, 4.69) is 41.5 Å². The van der Waals surface area contributed by atoms with Crippen LogP contribution in [0.25, 0.3) is 0 Å². The largest absolute Gasteiger partial charge is 0.390 e. The van der Waals surface area contributed by atoms with E-state index in [1.165, 1.54) is 35.7 Å². The number of hydrogen-bond acceptors (Lipinski definition) is 4. The molecule has 5 nitrogen and oxygen atoms in total. The number of aliphatic hydroxyl groups is 1. The lowest BCUT2D eigenvalue weighted by Crippen LogP contribution is -2.33. The molecule has 3 rings (SSSR count). The monoisotopic (exact) mass is 359 g/mol. The van der Waals surface area contributed by atoms with Crippen molar-refractivity contribution in [2.75, 3.05) is 5.75 Å². The van der Waals surface area contributed by atoms with Gasteiger partial charge in [0, 0.05) is 18.8 Å². The van der Waals surface area contributed by atoms with E-state index in [9.17, 15) is 9.90 Å². The fourth-order valence-corrected chi connectivity index (χ4v) is 3.92. The van der Waals surface area contributed by atoms with Crippen LogP contribution < -0.4 is 5.32 Å². The van der Waals surface area contributed by atoms with Gasteiger partial charge in [-0.1, -0.05) is 54.4 Å². The molecule has 0 bridgehead atoms. The molecule has 0 radical (unpaired) electrons. The van der Waals surface area contributed by atoms with E-state index >= 15 is 0 Å². The highest BCUT2D eigenvalue weighted by Gasteiger charge is 2.18. The molecule has 2 aromatic rings. The Morgan fingerprint density at radius 1 is 1.32 bits per heavy atom. The molecule has 1 aromatic heterocycles. The van der Waals surface area contributed by atoms with Crippen LogP contribution in [0.15, 0.2) is 35.6 Å². The average Bonchev–Trinajstić information content (AvgIpc) is 3.25. The van der Waals surface area contributed by atoms with Gasteiger partial charge in [0.05, 0.1) is 18.1 Å². The predicted octanol–water partition coefficient (Wildman–Crippen LogP) is 2.88. The minimum Gasteiger partial charge on any atom is -0.390 e. The first-order valence-electron chi connectivity index (χ1n) is 8.78. The summed E-state index contributed by atoms with van der Waals surface area (Å²) in [6.45, 7) is 2.65. The number of hydrogen-bond donors (Lipinski definition) is 2. The number of thioether (sulfide) groups is 1. The molecule has 1 aliphatic carbocycles. The van der Waals surface area contributed by atoms with E-state index in [0.717, 1.165) is 18.0 Å². The molecule has 1 aromatic carbocycles. The molecular formula is C19H25N3O2S. The maximum atomic E-state index is 12.1. The van der Waals surface area contributed by atoms with Gasteiger partial charge in [-0.15, -0.1) is 0 Å². The average molecular weight is 359 g/mol. The maximum absolute atomic E-state index is 12.1. The standard InChI is InChI=1S/C19H25N3O2S/c1-14-6-8-15(9-7-14)10-22-11-17(12-23)21-19(22)25-13-18(24)20-16-4-2-3-5-16/h6-9,11,16,23H,2-5,10,12-13H2,1H3,(H,20,24). The number of nitrogens with zero attached hydrogens (tertiary/aromatic N) is 2. The number of carbonyl (C=O) groups is 1. The van der Waals surface area contributed by atoms with E-state index in [4.69, 9.17) is 0 Å². The molecule has 0 aliphatic heterocycles. The molecule has 134 valence electrons. The predicted molar refractivity (Wildman–Crippen MR) is 99.6 cm³/mol. The van der Waals surface area contributed by atoms with Gasteiger partial charge in [0.25, 0.3) is 0 Å². The van der Waals surface area contributed by atoms with Crippen molar-refractivity contribution in [1.29, 1.82) is 0 Å². The quantitative estimate of drug-likeness (QED) is 0.746. The second-order valence-electron chi connectivity index (χ2n) is 6.62. The van der Waals surface area contributed by atoms with Crippen molar-refractivity contribution in [3.63, 3.8) is 0 Å². The van der Waals surface area contributed by atoms with Gasteiger partial charge in [-0.2, -0.15) is 0 Å². The Bertz CT molecular complexity index is 706. The van der Waals surface area contributed by atoms with E-state index in [0.29, 0.717) is 24.0 Å². The summed E-state index contributed by atoms with van der Waals surface area (Å²) in [5, 5.41) is 13.2. The van der Waals surface area contributed by atoms with Gasteiger partial charge in [0.15, 0.2) is 5.16 Å². The molecule has 6 heteroatoms. The summed E-state index contributed by atoms with van der Waals surface area (Å²) in [7, 11) is 0. The molecule has 0 atom stereocenters. The van der Waals surface area contributed by atoms with Crippen LogP contribution in [-0.4, -0.2) is 32.4 Å². The van der Waals surface area contributed by atoms with E-state index in [1.54, 1.807) is 0 Å². The van der Waals surface area contributed by atoms with Crippen LogP contribution in [0, 0.1) is 6.92 Å². The molecule has 1 saturated carbocycles. The first-order chi connectivity index (χ1) is 12.1. The Morgan fingerprint density at radius 2 is 2.04 bits per heavy atom. The lowest BCUT2D eigenvalue weighted by molar-refractivity contribution is -0.119. The number of aliphatic hydroxyl groups excluding tert-OH is 1. The first kappa shape index (κ1) is 18.0. The van der Waals surface area contributed by atoms with Crippen LogP contribution in [0.2, 0.25) is 0 Å². The Hall–Kier alpha value is -1.79. The van der Waals surface area contributed by atoms with Crippen LogP contribution in [-0.2, 0) is 17.9 Å². The van der Waals surface area contributed by atoms with Gasteiger partial charge in [-0.25, -0.2) is 4.98 Å². The molecule has 25 heavy (non-hydrogen) atoms. The summed E-state index contributed by atoms with van der Waals surface area (Å²) in [5.41, 5.74) is 3.03. The lowest BCUT2D eigenvalue weighted by atomic mass is 10.1. The Kier molecular flexibility index (Phi) is 6.15. The first-order valence-corrected chi connectivity index (χ1v) is 9.77. The summed E-state index contributed by atoms with van der Waals surface area (Å²) in [5.74, 6) is 0.416. The molecule has 0 unspecified atom stereocenters. The number of benzene rings is 1. The topological polar surface area (TPSA) is 67.1 Å². The van der Waals surface area contributed by atoms with Gasteiger partial charge in [-0.05, 0) is 25.3 Å². The van der Waals surface area contributed by atoms with Gasteiger partial charge in [0.1, 0.15) is 0 Å². The lowest BCUT2D eigenvalue weighted by Gasteiger charge is -2.12. The molecule has 0 saturated heterocycles. The molecule has 2 N–H and O–H groups in total. The van der Waals surface area contributed by atoms with Crippen molar-refractivity contribution >= 4 is 17.7 Å². The number of aryl methyl sites for hydroxylation is 1. The summed E-state index contributed by atoms with van der Waals surface area (Å²) >= 11 is 1.43. The number of nitrogens with one attached hydrogen (secondary N) is 1. The van der Waals surface area contributed by atoms with Crippen molar-refractivity contribution < 1.29 is 9.90 Å². The smallest absolute Gasteiger partial charge is 0.230 e. The zero-order valence-corrected chi connectivity index (χ0v) is 15.4. The second-order valence-corrected chi connectivity index (χ2v) is 7.57. The summed E-state index contributed by atoms with van der Waals surface area (Å²) in [6, 6.07) is 8.69. The molecule has 1 heterocycles. The Morgan fingerprint density at radius 3 is 2.72 bits per heavy atom. The normalized spacial score (nSPS) is 14.8. The van der Waals surface area contributed by atoms with Crippen molar-refractivity contribution in [1.82, 2.24) is 14.9 Å². The zero-order chi connectivity index (χ0) is 17.6. The number of imidazole rings is 1. The highest BCUT2D eigenvalue weighted by Crippen LogP contribution is 2.21. The summed E-state index contributed by atoms with van der Waals surface area (Å²) in [4.78, 5) is 16.6. The van der Waals surface area contributed by atoms with Crippen molar-refractivity contribution in [2.24, 2.45) is 0 Å². The Labute approximate surface area is 152 Å².